The summed E-state index contributed by atoms with van der Waals surface area (Å²) in [5.41, 5.74) is 1.04. The van der Waals surface area contributed by atoms with Gasteiger partial charge in [0.25, 0.3) is 5.91 Å². The van der Waals surface area contributed by atoms with E-state index in [4.69, 9.17) is 12.2 Å². The molecule has 138 valence electrons. The first kappa shape index (κ1) is 19.0. The number of amides is 1. The summed E-state index contributed by atoms with van der Waals surface area (Å²) in [6.07, 6.45) is 1.58. The van der Waals surface area contributed by atoms with Gasteiger partial charge in [0.15, 0.2) is 4.32 Å². The average molecular weight is 406 g/mol. The van der Waals surface area contributed by atoms with E-state index in [9.17, 15) is 23.5 Å². The standard InChI is InChI=1S/C18H11F2NO4S2/c19-17(20)25-13-7-1-10(2-8-13)9-14-15(22)21(18(26)27-14)12-5-3-11(4-6-12)16(23)24/h1-9,17H,(H,23,24)/p-1/b14-9+. The fraction of sp³-hybridized carbons (Fsp3) is 0.0556. The second-order valence-corrected chi connectivity index (χ2v) is 6.97. The van der Waals surface area contributed by atoms with E-state index in [1.54, 1.807) is 18.2 Å². The van der Waals surface area contributed by atoms with Crippen molar-refractivity contribution in [3.8, 4) is 5.75 Å². The van der Waals surface area contributed by atoms with Gasteiger partial charge in [-0.3, -0.25) is 9.69 Å². The Morgan fingerprint density at radius 3 is 2.33 bits per heavy atom. The highest BCUT2D eigenvalue weighted by atomic mass is 32.2. The van der Waals surface area contributed by atoms with Crippen molar-refractivity contribution in [2.45, 2.75) is 6.61 Å². The molecule has 3 rings (SSSR count). The number of aromatic carboxylic acids is 1. The maximum atomic E-state index is 12.6. The van der Waals surface area contributed by atoms with E-state index in [1.807, 2.05) is 0 Å². The first-order chi connectivity index (χ1) is 12.8. The van der Waals surface area contributed by atoms with Crippen LogP contribution in [-0.2, 0) is 4.79 Å². The van der Waals surface area contributed by atoms with Crippen LogP contribution in [0.15, 0.2) is 53.4 Å². The highest BCUT2D eigenvalue weighted by Gasteiger charge is 2.33. The average Bonchev–Trinajstić information content (AvgIpc) is 2.90. The van der Waals surface area contributed by atoms with Gasteiger partial charge in [-0.25, -0.2) is 0 Å². The maximum absolute atomic E-state index is 12.6. The Morgan fingerprint density at radius 2 is 1.78 bits per heavy atom. The van der Waals surface area contributed by atoms with Gasteiger partial charge >= 0.3 is 6.61 Å². The quantitative estimate of drug-likeness (QED) is 0.562. The van der Waals surface area contributed by atoms with Gasteiger partial charge in [0.2, 0.25) is 0 Å². The lowest BCUT2D eigenvalue weighted by Gasteiger charge is -2.15. The highest BCUT2D eigenvalue weighted by molar-refractivity contribution is 8.27. The van der Waals surface area contributed by atoms with Gasteiger partial charge in [-0.15, -0.1) is 0 Å². The number of hydrogen-bond acceptors (Lipinski definition) is 6. The summed E-state index contributed by atoms with van der Waals surface area (Å²) in [4.78, 5) is 25.1. The van der Waals surface area contributed by atoms with E-state index in [0.717, 1.165) is 11.8 Å². The topological polar surface area (TPSA) is 69.7 Å². The molecule has 27 heavy (non-hydrogen) atoms. The molecule has 1 aliphatic heterocycles. The number of hydrogen-bond donors (Lipinski definition) is 0. The molecule has 2 aromatic carbocycles. The summed E-state index contributed by atoms with van der Waals surface area (Å²) in [5, 5.41) is 10.8. The van der Waals surface area contributed by atoms with Crippen molar-refractivity contribution >= 4 is 51.9 Å². The van der Waals surface area contributed by atoms with Crippen LogP contribution in [0.25, 0.3) is 6.08 Å². The SMILES string of the molecule is O=C([O-])c1ccc(N2C(=O)/C(=C\c3ccc(OC(F)F)cc3)SC2=S)cc1. The predicted octanol–water partition coefficient (Wildman–Crippen LogP) is 3.06. The number of carbonyl (C=O) groups excluding carboxylic acids is 2. The maximum Gasteiger partial charge on any atom is 0.387 e. The van der Waals surface area contributed by atoms with Crippen molar-refractivity contribution in [1.29, 1.82) is 0 Å². The Labute approximate surface area is 162 Å². The Bertz CT molecular complexity index is 927. The molecule has 1 amide bonds. The largest absolute Gasteiger partial charge is 0.545 e. The number of thiocarbonyl (C=S) groups is 1. The number of rotatable bonds is 5. The predicted molar refractivity (Wildman–Crippen MR) is 99.5 cm³/mol. The summed E-state index contributed by atoms with van der Waals surface area (Å²) in [6, 6.07) is 11.4. The summed E-state index contributed by atoms with van der Waals surface area (Å²) in [6.45, 7) is -2.91. The van der Waals surface area contributed by atoms with Crippen LogP contribution in [0, 0.1) is 0 Å². The van der Waals surface area contributed by atoms with E-state index in [-0.39, 0.29) is 17.2 Å². The molecule has 9 heteroatoms. The minimum Gasteiger partial charge on any atom is -0.545 e. The third-order valence-electron chi connectivity index (χ3n) is 3.56. The lowest BCUT2D eigenvalue weighted by atomic mass is 10.2. The van der Waals surface area contributed by atoms with E-state index < -0.39 is 12.6 Å². The van der Waals surface area contributed by atoms with Crippen molar-refractivity contribution in [2.24, 2.45) is 0 Å². The molecule has 1 heterocycles. The minimum atomic E-state index is -2.91. The van der Waals surface area contributed by atoms with Crippen molar-refractivity contribution < 1.29 is 28.2 Å². The second kappa shape index (κ2) is 7.85. The molecule has 0 aromatic heterocycles. The Balaban J connectivity index is 1.80. The van der Waals surface area contributed by atoms with E-state index in [2.05, 4.69) is 4.74 Å². The molecule has 2 aromatic rings. The molecule has 5 nitrogen and oxygen atoms in total. The van der Waals surface area contributed by atoms with Crippen LogP contribution in [0.1, 0.15) is 15.9 Å². The molecule has 0 unspecified atom stereocenters. The van der Waals surface area contributed by atoms with Gasteiger partial charge < -0.3 is 14.6 Å². The van der Waals surface area contributed by atoms with E-state index >= 15 is 0 Å². The van der Waals surface area contributed by atoms with Crippen molar-refractivity contribution in [3.05, 3.63) is 64.6 Å². The van der Waals surface area contributed by atoms with Crippen LogP contribution in [-0.4, -0.2) is 22.8 Å². The highest BCUT2D eigenvalue weighted by Crippen LogP contribution is 2.36. The molecule has 0 spiro atoms. The number of alkyl halides is 2. The monoisotopic (exact) mass is 406 g/mol. The van der Waals surface area contributed by atoms with Crippen LogP contribution in [0.5, 0.6) is 5.75 Å². The van der Waals surface area contributed by atoms with Gasteiger partial charge in [-0.1, -0.05) is 48.2 Å². The molecular weight excluding hydrogens is 396 g/mol. The van der Waals surface area contributed by atoms with Crippen molar-refractivity contribution in [2.75, 3.05) is 4.90 Å². The molecule has 1 aliphatic rings. The third-order valence-corrected chi connectivity index (χ3v) is 4.86. The van der Waals surface area contributed by atoms with Crippen LogP contribution in [0.2, 0.25) is 0 Å². The number of anilines is 1. The van der Waals surface area contributed by atoms with Gasteiger partial charge in [-0.05, 0) is 41.5 Å². The number of carboxylic acid groups (broad SMARTS) is 1. The summed E-state index contributed by atoms with van der Waals surface area (Å²) >= 11 is 6.33. The molecule has 0 atom stereocenters. The molecular formula is C18H10F2NO4S2-. The molecule has 0 saturated carbocycles. The lowest BCUT2D eigenvalue weighted by molar-refractivity contribution is -0.255. The van der Waals surface area contributed by atoms with Crippen LogP contribution < -0.4 is 14.7 Å². The van der Waals surface area contributed by atoms with Gasteiger partial charge in [-0.2, -0.15) is 8.78 Å². The number of nitrogens with zero attached hydrogens (tertiary/aromatic N) is 1. The first-order valence-corrected chi connectivity index (χ1v) is 8.72. The smallest absolute Gasteiger partial charge is 0.387 e. The summed E-state index contributed by atoms with van der Waals surface area (Å²) < 4.78 is 28.9. The Hall–Kier alpha value is -2.78. The molecule has 1 fully saturated rings. The van der Waals surface area contributed by atoms with Crippen molar-refractivity contribution in [1.82, 2.24) is 0 Å². The van der Waals surface area contributed by atoms with Crippen LogP contribution in [0.3, 0.4) is 0 Å². The molecule has 1 saturated heterocycles. The first-order valence-electron chi connectivity index (χ1n) is 7.49. The third kappa shape index (κ3) is 4.32. The second-order valence-electron chi connectivity index (χ2n) is 5.30. The number of carboxylic acids is 1. The van der Waals surface area contributed by atoms with Gasteiger partial charge in [0.05, 0.1) is 16.6 Å². The van der Waals surface area contributed by atoms with Gasteiger partial charge in [0, 0.05) is 0 Å². The zero-order chi connectivity index (χ0) is 19.6. The Kier molecular flexibility index (Phi) is 5.52. The summed E-state index contributed by atoms with van der Waals surface area (Å²) in [7, 11) is 0. The molecule has 0 radical (unpaired) electrons. The number of thioether (sulfide) groups is 1. The normalized spacial score (nSPS) is 15.7. The lowest BCUT2D eigenvalue weighted by Crippen LogP contribution is -2.28. The molecule has 0 bridgehead atoms. The number of halogens is 2. The van der Waals surface area contributed by atoms with Crippen molar-refractivity contribution in [3.63, 3.8) is 0 Å². The van der Waals surface area contributed by atoms with Gasteiger partial charge in [0.1, 0.15) is 5.75 Å². The fourth-order valence-electron chi connectivity index (χ4n) is 2.33. The molecule has 0 aliphatic carbocycles. The zero-order valence-corrected chi connectivity index (χ0v) is 15.1. The van der Waals surface area contributed by atoms with E-state index in [0.29, 0.717) is 20.5 Å². The minimum absolute atomic E-state index is 0.00848. The number of ether oxygens (including phenoxy) is 1. The zero-order valence-electron chi connectivity index (χ0n) is 13.4. The van der Waals surface area contributed by atoms with E-state index in [1.165, 1.54) is 41.3 Å². The Morgan fingerprint density at radius 1 is 1.15 bits per heavy atom. The number of carbonyl (C=O) groups is 2. The number of benzene rings is 2. The summed E-state index contributed by atoms with van der Waals surface area (Å²) in [5.74, 6) is -1.66. The molecule has 0 N–H and O–H groups in total. The van der Waals surface area contributed by atoms with Crippen LogP contribution in [0.4, 0.5) is 14.5 Å². The fourth-order valence-corrected chi connectivity index (χ4v) is 3.63. The van der Waals surface area contributed by atoms with Crippen LogP contribution >= 0.6 is 24.0 Å².